The molecule has 0 saturated carbocycles. The largest absolute Gasteiger partial charge is 0.444 e. The van der Waals surface area contributed by atoms with Crippen LogP contribution >= 0.6 is 24.0 Å². The molecule has 0 spiro atoms. The topological polar surface area (TPSA) is 104 Å². The van der Waals surface area contributed by atoms with Gasteiger partial charge in [-0.3, -0.25) is 9.79 Å². The van der Waals surface area contributed by atoms with E-state index >= 15 is 0 Å². The lowest BCUT2D eigenvalue weighted by Crippen LogP contribution is -2.44. The molecule has 2 saturated heterocycles. The maximum Gasteiger partial charge on any atom is 0.407 e. The van der Waals surface area contributed by atoms with Crippen LogP contribution in [0.3, 0.4) is 0 Å². The molecule has 9 nitrogen and oxygen atoms in total. The number of halogens is 1. The van der Waals surface area contributed by atoms with Crippen molar-refractivity contribution in [2.45, 2.75) is 64.3 Å². The average Bonchev–Trinajstić information content (AvgIpc) is 3.40. The number of ether oxygens (including phenoxy) is 2. The lowest BCUT2D eigenvalue weighted by atomic mass is 10.2. The Balaban J connectivity index is 0.00000385. The highest BCUT2D eigenvalue weighted by molar-refractivity contribution is 14.0. The number of alkyl carbamates (subject to hydrolysis) is 1. The number of anilines is 1. The highest BCUT2D eigenvalue weighted by atomic mass is 127. The summed E-state index contributed by atoms with van der Waals surface area (Å²) in [6.45, 7) is 8.21. The predicted octanol–water partition coefficient (Wildman–Crippen LogP) is 3.10. The number of amides is 2. The van der Waals surface area contributed by atoms with Gasteiger partial charge in [-0.25, -0.2) is 4.79 Å². The number of likely N-dealkylation sites (tertiary alicyclic amines) is 1. The Morgan fingerprint density at radius 3 is 2.73 bits per heavy atom. The van der Waals surface area contributed by atoms with Gasteiger partial charge in [0, 0.05) is 39.0 Å². The molecule has 2 heterocycles. The molecule has 2 aliphatic heterocycles. The van der Waals surface area contributed by atoms with Gasteiger partial charge >= 0.3 is 6.09 Å². The minimum atomic E-state index is -0.516. The van der Waals surface area contributed by atoms with Gasteiger partial charge < -0.3 is 30.3 Å². The van der Waals surface area contributed by atoms with Gasteiger partial charge in [0.25, 0.3) is 5.91 Å². The standard InChI is InChI=1S/C23H35N5O4.HI/c1-23(2,3)32-22(30)27-18-10-11-28(15-18)21(24-4)25-14-16-7-5-8-17(13-16)26-20(29)19-9-6-12-31-19;/h5,7-8,13,18-19H,6,9-12,14-15H2,1-4H3,(H,24,25)(H,26,29)(H,27,30);1H. The van der Waals surface area contributed by atoms with Crippen LogP contribution in [-0.2, 0) is 20.8 Å². The van der Waals surface area contributed by atoms with Crippen molar-refractivity contribution >= 4 is 47.6 Å². The fraction of sp³-hybridized carbons (Fsp3) is 0.609. The number of hydrogen-bond acceptors (Lipinski definition) is 5. The Kier molecular flexibility index (Phi) is 10.2. The first-order chi connectivity index (χ1) is 15.2. The first kappa shape index (κ1) is 27.2. The molecule has 0 radical (unpaired) electrons. The number of carbonyl (C=O) groups excluding carboxylic acids is 2. The van der Waals surface area contributed by atoms with Crippen molar-refractivity contribution in [3.63, 3.8) is 0 Å². The van der Waals surface area contributed by atoms with Gasteiger partial charge in [0.15, 0.2) is 5.96 Å². The van der Waals surface area contributed by atoms with Crippen molar-refractivity contribution in [2.75, 3.05) is 32.1 Å². The summed E-state index contributed by atoms with van der Waals surface area (Å²) in [5.41, 5.74) is 1.26. The van der Waals surface area contributed by atoms with E-state index in [2.05, 4.69) is 25.8 Å². The summed E-state index contributed by atoms with van der Waals surface area (Å²) >= 11 is 0. The number of benzene rings is 1. The highest BCUT2D eigenvalue weighted by Gasteiger charge is 2.28. The molecule has 2 amide bonds. The minimum absolute atomic E-state index is 0. The van der Waals surface area contributed by atoms with Gasteiger partial charge in [0.1, 0.15) is 11.7 Å². The smallest absolute Gasteiger partial charge is 0.407 e. The number of rotatable bonds is 5. The molecule has 2 atom stereocenters. The first-order valence-corrected chi connectivity index (χ1v) is 11.2. The van der Waals surface area contributed by atoms with Crippen LogP contribution in [0, 0.1) is 0 Å². The Hall–Kier alpha value is -2.08. The fourth-order valence-electron chi connectivity index (χ4n) is 3.82. The zero-order chi connectivity index (χ0) is 23.1. The average molecular weight is 573 g/mol. The van der Waals surface area contributed by atoms with Crippen LogP contribution in [0.5, 0.6) is 0 Å². The van der Waals surface area contributed by atoms with Crippen molar-refractivity contribution < 1.29 is 19.1 Å². The van der Waals surface area contributed by atoms with E-state index in [1.807, 2.05) is 45.0 Å². The zero-order valence-electron chi connectivity index (χ0n) is 19.8. The van der Waals surface area contributed by atoms with E-state index in [1.54, 1.807) is 7.05 Å². The number of carbonyl (C=O) groups is 2. The van der Waals surface area contributed by atoms with Crippen molar-refractivity contribution in [3.8, 4) is 0 Å². The van der Waals surface area contributed by atoms with Gasteiger partial charge in [-0.05, 0) is 57.7 Å². The summed E-state index contributed by atoms with van der Waals surface area (Å²) in [5, 5.41) is 9.24. The Morgan fingerprint density at radius 1 is 1.27 bits per heavy atom. The van der Waals surface area contributed by atoms with Crippen LogP contribution in [-0.4, -0.2) is 67.4 Å². The molecular formula is C23H36IN5O4. The van der Waals surface area contributed by atoms with E-state index in [-0.39, 0.29) is 42.0 Å². The van der Waals surface area contributed by atoms with E-state index < -0.39 is 11.7 Å². The molecular weight excluding hydrogens is 537 g/mol. The highest BCUT2D eigenvalue weighted by Crippen LogP contribution is 2.17. The summed E-state index contributed by atoms with van der Waals surface area (Å²) < 4.78 is 10.8. The van der Waals surface area contributed by atoms with E-state index in [4.69, 9.17) is 9.47 Å². The number of hydrogen-bond donors (Lipinski definition) is 3. The first-order valence-electron chi connectivity index (χ1n) is 11.2. The molecule has 1 aromatic carbocycles. The van der Waals surface area contributed by atoms with Gasteiger partial charge in [0.2, 0.25) is 0 Å². The third-order valence-electron chi connectivity index (χ3n) is 5.29. The molecule has 2 fully saturated rings. The van der Waals surface area contributed by atoms with Gasteiger partial charge in [-0.15, -0.1) is 24.0 Å². The second kappa shape index (κ2) is 12.4. The molecule has 184 valence electrons. The van der Waals surface area contributed by atoms with Crippen LogP contribution < -0.4 is 16.0 Å². The summed E-state index contributed by atoms with van der Waals surface area (Å²) in [6.07, 6.45) is 1.77. The molecule has 33 heavy (non-hydrogen) atoms. The SMILES string of the molecule is CN=C(NCc1cccc(NC(=O)C2CCCO2)c1)N1CCC(NC(=O)OC(C)(C)C)C1.I. The molecule has 2 aliphatic rings. The monoisotopic (exact) mass is 573 g/mol. The Morgan fingerprint density at radius 2 is 2.06 bits per heavy atom. The Bertz CT molecular complexity index is 836. The molecule has 3 rings (SSSR count). The summed E-state index contributed by atoms with van der Waals surface area (Å²) in [4.78, 5) is 30.8. The van der Waals surface area contributed by atoms with E-state index in [9.17, 15) is 9.59 Å². The normalized spacial score (nSPS) is 20.7. The number of nitrogens with zero attached hydrogens (tertiary/aromatic N) is 2. The number of aliphatic imine (C=N–C) groups is 1. The minimum Gasteiger partial charge on any atom is -0.444 e. The van der Waals surface area contributed by atoms with Gasteiger partial charge in [0.05, 0.1) is 6.04 Å². The molecule has 1 aromatic rings. The number of guanidine groups is 1. The third kappa shape index (κ3) is 8.65. The maximum atomic E-state index is 12.3. The maximum absolute atomic E-state index is 12.3. The summed E-state index contributed by atoms with van der Waals surface area (Å²) in [6, 6.07) is 7.75. The van der Waals surface area contributed by atoms with Crippen LogP contribution in [0.25, 0.3) is 0 Å². The molecule has 2 unspecified atom stereocenters. The predicted molar refractivity (Wildman–Crippen MR) is 139 cm³/mol. The van der Waals surface area contributed by atoms with Crippen LogP contribution in [0.4, 0.5) is 10.5 Å². The van der Waals surface area contributed by atoms with Crippen LogP contribution in [0.15, 0.2) is 29.3 Å². The van der Waals surface area contributed by atoms with E-state index in [1.165, 1.54) is 0 Å². The summed E-state index contributed by atoms with van der Waals surface area (Å²) in [5.74, 6) is 0.677. The second-order valence-corrected chi connectivity index (χ2v) is 9.17. The molecule has 10 heteroatoms. The van der Waals surface area contributed by atoms with E-state index in [0.29, 0.717) is 19.7 Å². The van der Waals surface area contributed by atoms with Crippen molar-refractivity contribution in [3.05, 3.63) is 29.8 Å². The second-order valence-electron chi connectivity index (χ2n) is 9.17. The third-order valence-corrected chi connectivity index (χ3v) is 5.29. The van der Waals surface area contributed by atoms with E-state index in [0.717, 1.165) is 43.0 Å². The fourth-order valence-corrected chi connectivity index (χ4v) is 3.82. The lowest BCUT2D eigenvalue weighted by Gasteiger charge is -2.23. The van der Waals surface area contributed by atoms with Gasteiger partial charge in [-0.1, -0.05) is 12.1 Å². The van der Waals surface area contributed by atoms with Crippen LogP contribution in [0.1, 0.15) is 45.6 Å². The van der Waals surface area contributed by atoms with Crippen LogP contribution in [0.2, 0.25) is 0 Å². The Labute approximate surface area is 213 Å². The van der Waals surface area contributed by atoms with Gasteiger partial charge in [-0.2, -0.15) is 0 Å². The molecule has 0 aromatic heterocycles. The zero-order valence-corrected chi connectivity index (χ0v) is 22.2. The molecule has 0 aliphatic carbocycles. The van der Waals surface area contributed by atoms with Crippen molar-refractivity contribution in [2.24, 2.45) is 4.99 Å². The molecule has 3 N–H and O–H groups in total. The quantitative estimate of drug-likeness (QED) is 0.284. The number of nitrogens with one attached hydrogen (secondary N) is 3. The summed E-state index contributed by atoms with van der Waals surface area (Å²) in [7, 11) is 1.75. The lowest BCUT2D eigenvalue weighted by molar-refractivity contribution is -0.124. The van der Waals surface area contributed by atoms with Crippen molar-refractivity contribution in [1.82, 2.24) is 15.5 Å². The van der Waals surface area contributed by atoms with Crippen molar-refractivity contribution in [1.29, 1.82) is 0 Å². The molecule has 0 bridgehead atoms.